The molecule has 1 aromatic heterocycles. The van der Waals surface area contributed by atoms with Crippen LogP contribution in [0.4, 0.5) is 16.0 Å². The van der Waals surface area contributed by atoms with Gasteiger partial charge in [0.05, 0.1) is 0 Å². The minimum Gasteiger partial charge on any atom is -0.366 e. The zero-order valence-corrected chi connectivity index (χ0v) is 10.3. The molecule has 0 aliphatic heterocycles. The number of halogens is 1. The summed E-state index contributed by atoms with van der Waals surface area (Å²) in [5, 5.41) is 14.0. The maximum atomic E-state index is 13.1. The lowest BCUT2D eigenvalue weighted by molar-refractivity contribution is 0.617. The fraction of sp³-hybridized carbons (Fsp3) is 0.154. The van der Waals surface area contributed by atoms with E-state index < -0.39 is 0 Å². The number of nitriles is 1. The van der Waals surface area contributed by atoms with Gasteiger partial charge in [-0.1, -0.05) is 12.1 Å². The van der Waals surface area contributed by atoms with Crippen LogP contribution in [0.15, 0.2) is 30.6 Å². The third-order valence-electron chi connectivity index (χ3n) is 2.55. The predicted octanol–water partition coefficient (Wildman–Crippen LogP) is 2.43. The molecule has 5 nitrogen and oxygen atoms in total. The molecule has 0 saturated carbocycles. The van der Waals surface area contributed by atoms with Gasteiger partial charge in [0.1, 0.15) is 23.8 Å². The molecule has 19 heavy (non-hydrogen) atoms. The average Bonchev–Trinajstić information content (AvgIpc) is 2.41. The van der Waals surface area contributed by atoms with E-state index in [4.69, 9.17) is 5.26 Å². The Kier molecular flexibility index (Phi) is 3.88. The summed E-state index contributed by atoms with van der Waals surface area (Å²) in [4.78, 5) is 7.91. The van der Waals surface area contributed by atoms with Crippen LogP contribution >= 0.6 is 0 Å². The number of rotatable bonds is 4. The van der Waals surface area contributed by atoms with Crippen LogP contribution in [0.2, 0.25) is 0 Å². The smallest absolute Gasteiger partial charge is 0.182 e. The van der Waals surface area contributed by atoms with E-state index in [0.29, 0.717) is 23.7 Å². The van der Waals surface area contributed by atoms with Crippen molar-refractivity contribution in [3.63, 3.8) is 0 Å². The molecule has 0 fully saturated rings. The second kappa shape index (κ2) is 5.78. The molecule has 0 radical (unpaired) electrons. The average molecular weight is 257 g/mol. The quantitative estimate of drug-likeness (QED) is 0.650. The summed E-state index contributed by atoms with van der Waals surface area (Å²) >= 11 is 0. The Morgan fingerprint density at radius 2 is 2.05 bits per heavy atom. The molecule has 2 aromatic rings. The zero-order chi connectivity index (χ0) is 13.7. The van der Waals surface area contributed by atoms with Gasteiger partial charge in [0, 0.05) is 12.6 Å². The topological polar surface area (TPSA) is 73.6 Å². The largest absolute Gasteiger partial charge is 0.366 e. The summed E-state index contributed by atoms with van der Waals surface area (Å²) in [6.45, 7) is 2.24. The lowest BCUT2D eigenvalue weighted by Crippen LogP contribution is -2.03. The highest BCUT2D eigenvalue weighted by Crippen LogP contribution is 2.12. The summed E-state index contributed by atoms with van der Waals surface area (Å²) < 4.78 is 13.1. The van der Waals surface area contributed by atoms with Crippen molar-refractivity contribution in [1.82, 2.24) is 9.97 Å². The fourth-order valence-corrected chi connectivity index (χ4v) is 1.59. The third-order valence-corrected chi connectivity index (χ3v) is 2.55. The van der Waals surface area contributed by atoms with Crippen molar-refractivity contribution >= 4 is 11.6 Å². The minimum absolute atomic E-state index is 0.216. The molecule has 0 bridgehead atoms. The molecule has 2 rings (SSSR count). The summed E-state index contributed by atoms with van der Waals surface area (Å²) in [5.41, 5.74) is 1.56. The maximum absolute atomic E-state index is 13.1. The summed E-state index contributed by atoms with van der Waals surface area (Å²) in [5.74, 6) is 0.802. The highest BCUT2D eigenvalue weighted by Gasteiger charge is 2.01. The van der Waals surface area contributed by atoms with E-state index >= 15 is 0 Å². The Morgan fingerprint density at radius 3 is 2.79 bits per heavy atom. The molecule has 0 spiro atoms. The van der Waals surface area contributed by atoms with Gasteiger partial charge in [0.15, 0.2) is 6.19 Å². The van der Waals surface area contributed by atoms with E-state index in [1.54, 1.807) is 31.3 Å². The van der Waals surface area contributed by atoms with Crippen LogP contribution in [0.25, 0.3) is 0 Å². The van der Waals surface area contributed by atoms with E-state index in [0.717, 1.165) is 5.56 Å². The Hall–Kier alpha value is -2.68. The number of nitrogens with zero attached hydrogens (tertiary/aromatic N) is 3. The first-order valence-corrected chi connectivity index (χ1v) is 5.65. The molecule has 0 aliphatic rings. The van der Waals surface area contributed by atoms with E-state index in [2.05, 4.69) is 20.6 Å². The third kappa shape index (κ3) is 3.39. The van der Waals surface area contributed by atoms with Crippen molar-refractivity contribution in [2.24, 2.45) is 0 Å². The van der Waals surface area contributed by atoms with Crippen molar-refractivity contribution < 1.29 is 4.39 Å². The van der Waals surface area contributed by atoms with Crippen molar-refractivity contribution in [3.05, 3.63) is 47.5 Å². The lowest BCUT2D eigenvalue weighted by Gasteiger charge is -2.07. The van der Waals surface area contributed by atoms with Crippen molar-refractivity contribution in [1.29, 1.82) is 5.26 Å². The lowest BCUT2D eigenvalue weighted by atomic mass is 10.1. The molecule has 96 valence electrons. The van der Waals surface area contributed by atoms with Crippen molar-refractivity contribution in [2.45, 2.75) is 13.5 Å². The number of anilines is 2. The predicted molar refractivity (Wildman–Crippen MR) is 69.7 cm³/mol. The maximum Gasteiger partial charge on any atom is 0.182 e. The van der Waals surface area contributed by atoms with Crippen LogP contribution in [-0.4, -0.2) is 9.97 Å². The SMILES string of the molecule is Cc1cc(CNc2cc(NC#N)ncn2)ccc1F. The van der Waals surface area contributed by atoms with Gasteiger partial charge < -0.3 is 5.32 Å². The first-order chi connectivity index (χ1) is 9.19. The second-order valence-corrected chi connectivity index (χ2v) is 3.96. The summed E-state index contributed by atoms with van der Waals surface area (Å²) in [6, 6.07) is 6.55. The Labute approximate surface area is 110 Å². The van der Waals surface area contributed by atoms with E-state index in [1.807, 2.05) is 0 Å². The molecule has 1 aromatic carbocycles. The Bertz CT molecular complexity index is 621. The fourth-order valence-electron chi connectivity index (χ4n) is 1.59. The van der Waals surface area contributed by atoms with Gasteiger partial charge in [-0.3, -0.25) is 5.32 Å². The highest BCUT2D eigenvalue weighted by atomic mass is 19.1. The Morgan fingerprint density at radius 1 is 1.26 bits per heavy atom. The highest BCUT2D eigenvalue weighted by molar-refractivity contribution is 5.48. The van der Waals surface area contributed by atoms with Gasteiger partial charge in [0.2, 0.25) is 0 Å². The summed E-state index contributed by atoms with van der Waals surface area (Å²) in [6.07, 6.45) is 3.15. The normalized spacial score (nSPS) is 9.74. The number of aryl methyl sites for hydroxylation is 1. The first-order valence-electron chi connectivity index (χ1n) is 5.65. The number of hydrogen-bond acceptors (Lipinski definition) is 5. The molecular weight excluding hydrogens is 245 g/mol. The zero-order valence-electron chi connectivity index (χ0n) is 10.3. The Balaban J connectivity index is 2.04. The molecule has 6 heteroatoms. The minimum atomic E-state index is -0.216. The van der Waals surface area contributed by atoms with Gasteiger partial charge in [-0.15, -0.1) is 0 Å². The number of benzene rings is 1. The van der Waals surface area contributed by atoms with E-state index in [1.165, 1.54) is 12.4 Å². The van der Waals surface area contributed by atoms with Gasteiger partial charge in [-0.05, 0) is 24.1 Å². The first kappa shape index (κ1) is 12.8. The standard InChI is InChI=1S/C13H12FN5/c1-9-4-10(2-3-11(9)14)6-16-12-5-13(17-7-15)19-8-18-12/h2-5,8H,6H2,1H3,(H2,16,17,18,19). The van der Waals surface area contributed by atoms with Gasteiger partial charge in [-0.25, -0.2) is 14.4 Å². The van der Waals surface area contributed by atoms with Crippen LogP contribution in [0.5, 0.6) is 0 Å². The van der Waals surface area contributed by atoms with Crippen LogP contribution in [-0.2, 0) is 6.54 Å². The molecule has 0 aliphatic carbocycles. The number of aromatic nitrogens is 2. The van der Waals surface area contributed by atoms with Crippen LogP contribution in [0, 0.1) is 24.2 Å². The molecular formula is C13H12FN5. The molecule has 0 saturated heterocycles. The monoisotopic (exact) mass is 257 g/mol. The molecule has 0 amide bonds. The van der Waals surface area contributed by atoms with Crippen LogP contribution < -0.4 is 10.6 Å². The van der Waals surface area contributed by atoms with Crippen molar-refractivity contribution in [2.75, 3.05) is 10.6 Å². The molecule has 0 atom stereocenters. The van der Waals surface area contributed by atoms with E-state index in [-0.39, 0.29) is 5.82 Å². The number of hydrogen-bond donors (Lipinski definition) is 2. The van der Waals surface area contributed by atoms with E-state index in [9.17, 15) is 4.39 Å². The van der Waals surface area contributed by atoms with Crippen LogP contribution in [0.1, 0.15) is 11.1 Å². The van der Waals surface area contributed by atoms with Gasteiger partial charge in [0.25, 0.3) is 0 Å². The molecule has 1 heterocycles. The van der Waals surface area contributed by atoms with Gasteiger partial charge in [-0.2, -0.15) is 5.26 Å². The second-order valence-electron chi connectivity index (χ2n) is 3.96. The van der Waals surface area contributed by atoms with Crippen molar-refractivity contribution in [3.8, 4) is 6.19 Å². The number of nitrogens with one attached hydrogen (secondary N) is 2. The van der Waals surface area contributed by atoms with Gasteiger partial charge >= 0.3 is 0 Å². The summed E-state index contributed by atoms with van der Waals surface area (Å²) in [7, 11) is 0. The molecule has 2 N–H and O–H groups in total. The van der Waals surface area contributed by atoms with Crippen LogP contribution in [0.3, 0.4) is 0 Å². The molecule has 0 unspecified atom stereocenters.